The van der Waals surface area contributed by atoms with Gasteiger partial charge >= 0.3 is 0 Å². The van der Waals surface area contributed by atoms with E-state index in [2.05, 4.69) is 10.3 Å². The molecular formula is C15H15ClN2O3. The summed E-state index contributed by atoms with van der Waals surface area (Å²) >= 11 is 5.70. The highest BCUT2D eigenvalue weighted by atomic mass is 35.5. The average molecular weight is 307 g/mol. The van der Waals surface area contributed by atoms with E-state index in [0.29, 0.717) is 16.5 Å². The van der Waals surface area contributed by atoms with Crippen LogP contribution in [0.15, 0.2) is 48.7 Å². The molecule has 110 valence electrons. The molecule has 21 heavy (non-hydrogen) atoms. The normalized spacial score (nSPS) is 11.7. The minimum absolute atomic E-state index is 0.252. The van der Waals surface area contributed by atoms with Crippen LogP contribution < -0.4 is 10.1 Å². The van der Waals surface area contributed by atoms with Gasteiger partial charge in [0, 0.05) is 12.3 Å². The quantitative estimate of drug-likeness (QED) is 0.800. The summed E-state index contributed by atoms with van der Waals surface area (Å²) in [4.78, 5) is 15.7. The lowest BCUT2D eigenvalue weighted by molar-refractivity contribution is -0.129. The number of aliphatic hydroxyl groups excluding tert-OH is 1. The van der Waals surface area contributed by atoms with Crippen molar-refractivity contribution in [2.45, 2.75) is 6.10 Å². The monoisotopic (exact) mass is 306 g/mol. The first kappa shape index (κ1) is 15.3. The van der Waals surface area contributed by atoms with E-state index in [1.165, 1.54) is 6.20 Å². The summed E-state index contributed by atoms with van der Waals surface area (Å²) < 4.78 is 5.33. The maximum Gasteiger partial charge on any atom is 0.253 e. The van der Waals surface area contributed by atoms with Gasteiger partial charge < -0.3 is 15.2 Å². The minimum atomic E-state index is -1.18. The van der Waals surface area contributed by atoms with E-state index >= 15 is 0 Å². The fourth-order valence-corrected chi connectivity index (χ4v) is 1.77. The minimum Gasteiger partial charge on any atom is -0.476 e. The number of hydrogen-bond donors (Lipinski definition) is 2. The Balaban J connectivity index is 1.73. The van der Waals surface area contributed by atoms with E-state index in [0.717, 1.165) is 0 Å². The molecule has 0 spiro atoms. The first-order valence-electron chi connectivity index (χ1n) is 6.42. The second kappa shape index (κ2) is 7.61. The number of amides is 1. The summed E-state index contributed by atoms with van der Waals surface area (Å²) in [6.07, 6.45) is 0.300. The number of pyridine rings is 1. The lowest BCUT2D eigenvalue weighted by atomic mass is 10.1. The molecule has 5 nitrogen and oxygen atoms in total. The standard InChI is InChI=1S/C15H15ClN2O3/c16-12-6-7-13(18-10-12)21-9-8-17-15(20)14(19)11-4-2-1-3-5-11/h1-7,10,14,19H,8-9H2,(H,17,20). The van der Waals surface area contributed by atoms with Gasteiger partial charge in [0.15, 0.2) is 6.10 Å². The summed E-state index contributed by atoms with van der Waals surface area (Å²) in [5.74, 6) is -0.0360. The first-order valence-corrected chi connectivity index (χ1v) is 6.79. The van der Waals surface area contributed by atoms with E-state index in [9.17, 15) is 9.90 Å². The van der Waals surface area contributed by atoms with Gasteiger partial charge in [0.2, 0.25) is 5.88 Å². The van der Waals surface area contributed by atoms with Crippen LogP contribution in [0, 0.1) is 0 Å². The Bertz CT molecular complexity index is 575. The highest BCUT2D eigenvalue weighted by Gasteiger charge is 2.15. The molecular weight excluding hydrogens is 292 g/mol. The Hall–Kier alpha value is -2.11. The number of nitrogens with one attached hydrogen (secondary N) is 1. The van der Waals surface area contributed by atoms with E-state index in [4.69, 9.17) is 16.3 Å². The largest absolute Gasteiger partial charge is 0.476 e. The highest BCUT2D eigenvalue weighted by molar-refractivity contribution is 6.30. The van der Waals surface area contributed by atoms with Gasteiger partial charge in [-0.25, -0.2) is 4.98 Å². The lowest BCUT2D eigenvalue weighted by Gasteiger charge is -2.12. The zero-order valence-electron chi connectivity index (χ0n) is 11.2. The van der Waals surface area contributed by atoms with Crippen LogP contribution in [0.4, 0.5) is 0 Å². The van der Waals surface area contributed by atoms with Crippen molar-refractivity contribution in [1.29, 1.82) is 0 Å². The number of halogens is 1. The van der Waals surface area contributed by atoms with Crippen LogP contribution in [0.1, 0.15) is 11.7 Å². The molecule has 0 saturated heterocycles. The lowest BCUT2D eigenvalue weighted by Crippen LogP contribution is -2.32. The zero-order chi connectivity index (χ0) is 15.1. The number of carbonyl (C=O) groups excluding carboxylic acids is 1. The molecule has 0 aliphatic rings. The number of hydrogen-bond acceptors (Lipinski definition) is 4. The maximum absolute atomic E-state index is 11.7. The molecule has 1 atom stereocenters. The molecule has 2 aromatic rings. The predicted octanol–water partition coefficient (Wildman–Crippen LogP) is 1.96. The third-order valence-corrected chi connectivity index (χ3v) is 2.94. The molecule has 1 aromatic carbocycles. The summed E-state index contributed by atoms with van der Waals surface area (Å²) in [6.45, 7) is 0.523. The van der Waals surface area contributed by atoms with Crippen LogP contribution in [0.25, 0.3) is 0 Å². The number of ether oxygens (including phenoxy) is 1. The van der Waals surface area contributed by atoms with Crippen LogP contribution in [0.3, 0.4) is 0 Å². The van der Waals surface area contributed by atoms with Crippen molar-refractivity contribution < 1.29 is 14.6 Å². The Labute approximate surface area is 127 Å². The smallest absolute Gasteiger partial charge is 0.253 e. The summed E-state index contributed by atoms with van der Waals surface area (Å²) in [5, 5.41) is 13.0. The number of rotatable bonds is 6. The summed E-state index contributed by atoms with van der Waals surface area (Å²) in [5.41, 5.74) is 0.551. The Kier molecular flexibility index (Phi) is 5.54. The molecule has 1 aromatic heterocycles. The van der Waals surface area contributed by atoms with E-state index in [-0.39, 0.29) is 13.2 Å². The van der Waals surface area contributed by atoms with Crippen LogP contribution in [-0.2, 0) is 4.79 Å². The highest BCUT2D eigenvalue weighted by Crippen LogP contribution is 2.12. The van der Waals surface area contributed by atoms with Gasteiger partial charge in [-0.15, -0.1) is 0 Å². The van der Waals surface area contributed by atoms with Crippen molar-refractivity contribution in [2.24, 2.45) is 0 Å². The molecule has 0 saturated carbocycles. The van der Waals surface area contributed by atoms with Crippen molar-refractivity contribution in [3.05, 3.63) is 59.2 Å². The molecule has 6 heteroatoms. The van der Waals surface area contributed by atoms with E-state index in [1.54, 1.807) is 36.4 Å². The van der Waals surface area contributed by atoms with Gasteiger partial charge in [-0.05, 0) is 11.6 Å². The fraction of sp³-hybridized carbons (Fsp3) is 0.200. The predicted molar refractivity (Wildman–Crippen MR) is 79.2 cm³/mol. The third kappa shape index (κ3) is 4.73. The maximum atomic E-state index is 11.7. The van der Waals surface area contributed by atoms with Crippen LogP contribution in [0.5, 0.6) is 5.88 Å². The Morgan fingerprint density at radius 2 is 2.05 bits per heavy atom. The van der Waals surface area contributed by atoms with E-state index < -0.39 is 12.0 Å². The second-order valence-corrected chi connectivity index (χ2v) is 4.70. The number of carbonyl (C=O) groups is 1. The van der Waals surface area contributed by atoms with Gasteiger partial charge in [-0.3, -0.25) is 4.79 Å². The Morgan fingerprint density at radius 1 is 1.29 bits per heavy atom. The first-order chi connectivity index (χ1) is 10.2. The summed E-state index contributed by atoms with van der Waals surface area (Å²) in [7, 11) is 0. The third-order valence-electron chi connectivity index (χ3n) is 2.72. The Morgan fingerprint density at radius 3 is 2.71 bits per heavy atom. The molecule has 1 heterocycles. The molecule has 0 fully saturated rings. The van der Waals surface area contributed by atoms with Crippen LogP contribution in [-0.4, -0.2) is 29.1 Å². The number of aromatic nitrogens is 1. The SMILES string of the molecule is O=C(NCCOc1ccc(Cl)cn1)C(O)c1ccccc1. The van der Waals surface area contributed by atoms with Crippen molar-refractivity contribution in [1.82, 2.24) is 10.3 Å². The molecule has 1 unspecified atom stereocenters. The molecule has 1 amide bonds. The molecule has 2 rings (SSSR count). The second-order valence-electron chi connectivity index (χ2n) is 4.27. The fourth-order valence-electron chi connectivity index (χ4n) is 1.66. The topological polar surface area (TPSA) is 71.5 Å². The zero-order valence-corrected chi connectivity index (χ0v) is 12.0. The molecule has 0 radical (unpaired) electrons. The van der Waals surface area contributed by atoms with Crippen molar-refractivity contribution in [2.75, 3.05) is 13.2 Å². The number of benzene rings is 1. The number of aliphatic hydroxyl groups is 1. The van der Waals surface area contributed by atoms with Gasteiger partial charge in [0.25, 0.3) is 5.91 Å². The van der Waals surface area contributed by atoms with Crippen LogP contribution >= 0.6 is 11.6 Å². The van der Waals surface area contributed by atoms with Gasteiger partial charge in [0.05, 0.1) is 11.6 Å². The molecule has 0 aliphatic carbocycles. The molecule has 0 bridgehead atoms. The van der Waals surface area contributed by atoms with Gasteiger partial charge in [-0.2, -0.15) is 0 Å². The summed E-state index contributed by atoms with van der Waals surface area (Å²) in [6, 6.07) is 12.0. The van der Waals surface area contributed by atoms with E-state index in [1.807, 2.05) is 6.07 Å². The van der Waals surface area contributed by atoms with Crippen molar-refractivity contribution in [3.63, 3.8) is 0 Å². The van der Waals surface area contributed by atoms with Gasteiger partial charge in [0.1, 0.15) is 6.61 Å². The molecule has 2 N–H and O–H groups in total. The average Bonchev–Trinajstić information content (AvgIpc) is 2.53. The molecule has 0 aliphatic heterocycles. The van der Waals surface area contributed by atoms with Gasteiger partial charge in [-0.1, -0.05) is 41.9 Å². The van der Waals surface area contributed by atoms with Crippen LogP contribution in [0.2, 0.25) is 5.02 Å². The number of nitrogens with zero attached hydrogens (tertiary/aromatic N) is 1. The van der Waals surface area contributed by atoms with Crippen molar-refractivity contribution in [3.8, 4) is 5.88 Å². The van der Waals surface area contributed by atoms with Crippen molar-refractivity contribution >= 4 is 17.5 Å².